The Balaban J connectivity index is 1.39. The van der Waals surface area contributed by atoms with E-state index in [0.29, 0.717) is 19.6 Å². The van der Waals surface area contributed by atoms with Gasteiger partial charge in [-0.25, -0.2) is 13.2 Å². The van der Waals surface area contributed by atoms with Crippen LogP contribution in [0.3, 0.4) is 0 Å². The minimum atomic E-state index is -3.59. The van der Waals surface area contributed by atoms with E-state index in [9.17, 15) is 18.0 Å². The molecule has 0 N–H and O–H groups in total. The average Bonchev–Trinajstić information content (AvgIpc) is 3.04. The Morgan fingerprint density at radius 1 is 0.938 bits per heavy atom. The summed E-state index contributed by atoms with van der Waals surface area (Å²) in [7, 11) is -1.87. The average molecular weight is 457 g/mol. The van der Waals surface area contributed by atoms with Crippen molar-refractivity contribution in [1.29, 1.82) is 0 Å². The molecule has 1 saturated heterocycles. The van der Waals surface area contributed by atoms with Gasteiger partial charge in [-0.1, -0.05) is 18.2 Å². The Hall–Kier alpha value is -2.91. The second-order valence-electron chi connectivity index (χ2n) is 8.26. The van der Waals surface area contributed by atoms with Crippen molar-refractivity contribution in [3.05, 3.63) is 64.1 Å². The Bertz CT molecular complexity index is 1330. The van der Waals surface area contributed by atoms with Crippen molar-refractivity contribution < 1.29 is 13.2 Å². The van der Waals surface area contributed by atoms with E-state index in [1.165, 1.54) is 4.31 Å². The fraction of sp³-hybridized carbons (Fsp3) is 0.391. The second kappa shape index (κ2) is 8.55. The van der Waals surface area contributed by atoms with E-state index in [-0.39, 0.29) is 36.0 Å². The number of carbonyl (C=O) groups is 1. The fourth-order valence-corrected chi connectivity index (χ4v) is 5.65. The van der Waals surface area contributed by atoms with Crippen LogP contribution in [0, 0.1) is 13.8 Å². The molecule has 3 aromatic rings. The zero-order valence-corrected chi connectivity index (χ0v) is 19.4. The third-order valence-electron chi connectivity index (χ3n) is 6.31. The molecule has 170 valence electrons. The Morgan fingerprint density at radius 3 is 2.25 bits per heavy atom. The molecule has 0 saturated carbocycles. The van der Waals surface area contributed by atoms with Crippen molar-refractivity contribution in [3.8, 4) is 0 Å². The predicted octanol–water partition coefficient (Wildman–Crippen LogP) is 1.88. The fourth-order valence-electron chi connectivity index (χ4n) is 4.15. The van der Waals surface area contributed by atoms with Crippen LogP contribution in [0.1, 0.15) is 17.5 Å². The minimum absolute atomic E-state index is 0.0759. The molecule has 8 nitrogen and oxygen atoms in total. The lowest BCUT2D eigenvalue weighted by atomic mass is 10.1. The summed E-state index contributed by atoms with van der Waals surface area (Å²) >= 11 is 0. The molecule has 0 radical (unpaired) electrons. The van der Waals surface area contributed by atoms with Gasteiger partial charge in [0, 0.05) is 46.2 Å². The number of aromatic nitrogens is 2. The molecule has 1 amide bonds. The number of imidazole rings is 1. The van der Waals surface area contributed by atoms with Gasteiger partial charge in [-0.2, -0.15) is 4.31 Å². The highest BCUT2D eigenvalue weighted by molar-refractivity contribution is 7.89. The zero-order chi connectivity index (χ0) is 23.0. The highest BCUT2D eigenvalue weighted by Crippen LogP contribution is 2.21. The molecule has 1 aliphatic rings. The highest BCUT2D eigenvalue weighted by Gasteiger charge is 2.30. The van der Waals surface area contributed by atoms with Crippen molar-refractivity contribution in [2.45, 2.75) is 31.7 Å². The number of amides is 1. The van der Waals surface area contributed by atoms with Gasteiger partial charge in [0.2, 0.25) is 15.9 Å². The van der Waals surface area contributed by atoms with E-state index in [1.807, 2.05) is 44.2 Å². The van der Waals surface area contributed by atoms with E-state index in [1.54, 1.807) is 33.2 Å². The van der Waals surface area contributed by atoms with Gasteiger partial charge in [0.15, 0.2) is 0 Å². The number of carbonyl (C=O) groups excluding carboxylic acids is 1. The van der Waals surface area contributed by atoms with Crippen molar-refractivity contribution >= 4 is 27.0 Å². The van der Waals surface area contributed by atoms with Crippen LogP contribution in [0.4, 0.5) is 0 Å². The first kappa shape index (κ1) is 22.3. The normalized spacial score (nSPS) is 15.4. The first-order valence-electron chi connectivity index (χ1n) is 10.7. The molecule has 0 atom stereocenters. The summed E-state index contributed by atoms with van der Waals surface area (Å²) in [6.45, 7) is 5.33. The maximum Gasteiger partial charge on any atom is 0.328 e. The van der Waals surface area contributed by atoms with Crippen LogP contribution in [0.25, 0.3) is 11.0 Å². The van der Waals surface area contributed by atoms with Gasteiger partial charge in [0.05, 0.1) is 15.9 Å². The van der Waals surface area contributed by atoms with Crippen molar-refractivity contribution in [1.82, 2.24) is 18.3 Å². The van der Waals surface area contributed by atoms with Crippen molar-refractivity contribution in [3.63, 3.8) is 0 Å². The number of aryl methyl sites for hydroxylation is 4. The summed E-state index contributed by atoms with van der Waals surface area (Å²) in [5.74, 6) is -0.0759. The molecule has 2 heterocycles. The van der Waals surface area contributed by atoms with Crippen molar-refractivity contribution in [2.24, 2.45) is 7.05 Å². The van der Waals surface area contributed by atoms with Gasteiger partial charge in [-0.15, -0.1) is 0 Å². The molecule has 1 fully saturated rings. The third-order valence-corrected chi connectivity index (χ3v) is 8.20. The topological polar surface area (TPSA) is 84.6 Å². The summed E-state index contributed by atoms with van der Waals surface area (Å²) < 4.78 is 30.6. The predicted molar refractivity (Wildman–Crippen MR) is 123 cm³/mol. The van der Waals surface area contributed by atoms with E-state index < -0.39 is 10.0 Å². The van der Waals surface area contributed by atoms with Gasteiger partial charge in [0.25, 0.3) is 0 Å². The maximum atomic E-state index is 13.0. The molecule has 9 heteroatoms. The molecule has 0 unspecified atom stereocenters. The number of para-hydroxylation sites is 2. The first-order chi connectivity index (χ1) is 15.2. The molecule has 0 spiro atoms. The number of nitrogens with zero attached hydrogens (tertiary/aromatic N) is 4. The SMILES string of the molecule is Cc1ccc(S(=O)(=O)N2CCN(C(=O)CCn3c(=O)n(C)c4ccccc43)CC2)cc1C. The lowest BCUT2D eigenvalue weighted by Crippen LogP contribution is -2.50. The number of hydrogen-bond acceptors (Lipinski definition) is 4. The standard InChI is InChI=1S/C23H28N4O4S/c1-17-8-9-19(16-18(17)2)32(30,31)26-14-12-25(13-15-26)22(28)10-11-27-21-7-5-4-6-20(21)24(3)23(27)29/h4-9,16H,10-15H2,1-3H3. The number of rotatable bonds is 5. The quantitative estimate of drug-likeness (QED) is 0.587. The van der Waals surface area contributed by atoms with Crippen LogP contribution in [-0.2, 0) is 28.4 Å². The molecule has 0 bridgehead atoms. The number of hydrogen-bond donors (Lipinski definition) is 0. The summed E-state index contributed by atoms with van der Waals surface area (Å²) in [6.07, 6.45) is 0.192. The largest absolute Gasteiger partial charge is 0.340 e. The molecule has 1 aliphatic heterocycles. The lowest BCUT2D eigenvalue weighted by molar-refractivity contribution is -0.132. The van der Waals surface area contributed by atoms with E-state index in [2.05, 4.69) is 0 Å². The van der Waals surface area contributed by atoms with Crippen LogP contribution < -0.4 is 5.69 Å². The molecule has 32 heavy (non-hydrogen) atoms. The number of fused-ring (bicyclic) bond motifs is 1. The molecule has 4 rings (SSSR count). The molecular formula is C23H28N4O4S. The molecule has 0 aliphatic carbocycles. The van der Waals surface area contributed by atoms with Gasteiger partial charge >= 0.3 is 5.69 Å². The highest BCUT2D eigenvalue weighted by atomic mass is 32.2. The van der Waals surface area contributed by atoms with Crippen molar-refractivity contribution in [2.75, 3.05) is 26.2 Å². The summed E-state index contributed by atoms with van der Waals surface area (Å²) in [4.78, 5) is 27.3. The van der Waals surface area contributed by atoms with E-state index in [0.717, 1.165) is 22.2 Å². The smallest absolute Gasteiger partial charge is 0.328 e. The van der Waals surface area contributed by atoms with Gasteiger partial charge in [0.1, 0.15) is 0 Å². The Labute approximate surface area is 187 Å². The Kier molecular flexibility index (Phi) is 5.96. The van der Waals surface area contributed by atoms with Crippen LogP contribution >= 0.6 is 0 Å². The number of sulfonamides is 1. The van der Waals surface area contributed by atoms with Crippen LogP contribution in [-0.4, -0.2) is 58.8 Å². The Morgan fingerprint density at radius 2 is 1.59 bits per heavy atom. The number of benzene rings is 2. The summed E-state index contributed by atoms with van der Waals surface area (Å²) in [6, 6.07) is 12.7. The van der Waals surface area contributed by atoms with E-state index >= 15 is 0 Å². The lowest BCUT2D eigenvalue weighted by Gasteiger charge is -2.34. The summed E-state index contributed by atoms with van der Waals surface area (Å²) in [5, 5.41) is 0. The first-order valence-corrected chi connectivity index (χ1v) is 12.1. The zero-order valence-electron chi connectivity index (χ0n) is 18.6. The summed E-state index contributed by atoms with van der Waals surface area (Å²) in [5.41, 5.74) is 3.46. The van der Waals surface area contributed by atoms with Crippen LogP contribution in [0.2, 0.25) is 0 Å². The van der Waals surface area contributed by atoms with Gasteiger partial charge < -0.3 is 4.90 Å². The monoisotopic (exact) mass is 456 g/mol. The molecule has 1 aromatic heterocycles. The van der Waals surface area contributed by atoms with E-state index in [4.69, 9.17) is 0 Å². The second-order valence-corrected chi connectivity index (χ2v) is 10.2. The van der Waals surface area contributed by atoms with Gasteiger partial charge in [-0.3, -0.25) is 13.9 Å². The molecule has 2 aromatic carbocycles. The minimum Gasteiger partial charge on any atom is -0.340 e. The third kappa shape index (κ3) is 3.98. The number of piperazine rings is 1. The van der Waals surface area contributed by atoms with Crippen LogP contribution in [0.5, 0.6) is 0 Å². The molecular weight excluding hydrogens is 428 g/mol. The van der Waals surface area contributed by atoms with Crippen LogP contribution in [0.15, 0.2) is 52.2 Å². The maximum absolute atomic E-state index is 13.0. The van der Waals surface area contributed by atoms with Gasteiger partial charge in [-0.05, 0) is 49.2 Å².